The van der Waals surface area contributed by atoms with Gasteiger partial charge in [0.1, 0.15) is 5.82 Å². The molecule has 2 aliphatic rings. The zero-order valence-electron chi connectivity index (χ0n) is 13.5. The molecule has 2 fully saturated rings. The molecule has 0 N–H and O–H groups in total. The summed E-state index contributed by atoms with van der Waals surface area (Å²) in [6.45, 7) is 3.52. The molecule has 0 spiro atoms. The molecule has 0 bridgehead atoms. The molecule has 0 aromatic heterocycles. The molecule has 1 aromatic rings. The first-order chi connectivity index (χ1) is 11.2. The highest BCUT2D eigenvalue weighted by molar-refractivity contribution is 6.30. The van der Waals surface area contributed by atoms with Gasteiger partial charge in [-0.2, -0.15) is 0 Å². The van der Waals surface area contributed by atoms with Crippen molar-refractivity contribution in [3.8, 4) is 0 Å². The molecule has 4 heteroatoms. The van der Waals surface area contributed by atoms with E-state index < -0.39 is 0 Å². The van der Waals surface area contributed by atoms with Gasteiger partial charge < -0.3 is 9.47 Å². The Morgan fingerprint density at radius 1 is 1.13 bits per heavy atom. The van der Waals surface area contributed by atoms with Gasteiger partial charge in [0.2, 0.25) is 0 Å². The Hall–Kier alpha value is -0.900. The number of allylic oxidation sites excluding steroid dienone is 1. The minimum atomic E-state index is -0.319. The van der Waals surface area contributed by atoms with Gasteiger partial charge in [-0.1, -0.05) is 29.8 Å². The van der Waals surface area contributed by atoms with Crippen LogP contribution in [0.4, 0.5) is 4.39 Å². The van der Waals surface area contributed by atoms with Gasteiger partial charge in [-0.15, -0.1) is 0 Å². The van der Waals surface area contributed by atoms with Crippen molar-refractivity contribution < 1.29 is 13.9 Å². The summed E-state index contributed by atoms with van der Waals surface area (Å²) in [5.74, 6) is 0.928. The lowest BCUT2D eigenvalue weighted by atomic mass is 9.78. The lowest BCUT2D eigenvalue weighted by molar-refractivity contribution is -0.222. The average molecular weight is 339 g/mol. The fourth-order valence-corrected chi connectivity index (χ4v) is 3.80. The smallest absolute Gasteiger partial charge is 0.160 e. The molecule has 0 unspecified atom stereocenters. The molecule has 0 radical (unpaired) electrons. The van der Waals surface area contributed by atoms with E-state index in [1.807, 2.05) is 19.1 Å². The average Bonchev–Trinajstić information content (AvgIpc) is 2.59. The Morgan fingerprint density at radius 3 is 2.43 bits per heavy atom. The van der Waals surface area contributed by atoms with Crippen molar-refractivity contribution in [2.75, 3.05) is 13.2 Å². The fraction of sp³-hybridized carbons (Fsp3) is 0.579. The molecule has 0 amide bonds. The van der Waals surface area contributed by atoms with E-state index in [0.717, 1.165) is 44.5 Å². The van der Waals surface area contributed by atoms with Gasteiger partial charge in [0.15, 0.2) is 6.29 Å². The molecular weight excluding hydrogens is 315 g/mol. The van der Waals surface area contributed by atoms with Crippen LogP contribution in [0.15, 0.2) is 30.4 Å². The lowest BCUT2D eigenvalue weighted by Crippen LogP contribution is -2.37. The number of halogens is 2. The third-order valence-corrected chi connectivity index (χ3v) is 5.29. The maximum atomic E-state index is 13.6. The van der Waals surface area contributed by atoms with Crippen molar-refractivity contribution >= 4 is 11.6 Å². The Balaban J connectivity index is 1.51. The molecule has 1 aromatic carbocycles. The largest absolute Gasteiger partial charge is 0.352 e. The van der Waals surface area contributed by atoms with Crippen LogP contribution in [0.1, 0.15) is 44.1 Å². The standard InChI is InChI=1S/C19H24ClFO2/c1-2-3-13-11-22-19(23-12-13)15-6-4-14(5-7-15)16-8-9-17(20)18(21)10-16/h2-3,8-10,13-15,19H,4-7,11-12H2,1H3/b3-2+. The highest BCUT2D eigenvalue weighted by Gasteiger charge is 2.32. The second-order valence-corrected chi connectivity index (χ2v) is 7.01. The van der Waals surface area contributed by atoms with Crippen LogP contribution in [-0.2, 0) is 9.47 Å². The molecule has 0 atom stereocenters. The number of benzene rings is 1. The van der Waals surface area contributed by atoms with Gasteiger partial charge in [0.25, 0.3) is 0 Å². The maximum Gasteiger partial charge on any atom is 0.160 e. The van der Waals surface area contributed by atoms with E-state index in [2.05, 4.69) is 6.08 Å². The molecule has 1 saturated carbocycles. The van der Waals surface area contributed by atoms with Crippen LogP contribution in [0.5, 0.6) is 0 Å². The molecule has 1 aliphatic carbocycles. The minimum Gasteiger partial charge on any atom is -0.352 e. The third kappa shape index (κ3) is 4.14. The summed E-state index contributed by atoms with van der Waals surface area (Å²) in [6, 6.07) is 5.20. The van der Waals surface area contributed by atoms with E-state index in [-0.39, 0.29) is 17.1 Å². The number of hydrogen-bond acceptors (Lipinski definition) is 2. The van der Waals surface area contributed by atoms with Crippen molar-refractivity contribution in [3.63, 3.8) is 0 Å². The first-order valence-electron chi connectivity index (χ1n) is 8.48. The van der Waals surface area contributed by atoms with E-state index in [1.165, 1.54) is 0 Å². The minimum absolute atomic E-state index is 0.0700. The normalized spacial score (nSPS) is 32.3. The highest BCUT2D eigenvalue weighted by atomic mass is 35.5. The van der Waals surface area contributed by atoms with Gasteiger partial charge in [0.05, 0.1) is 18.2 Å². The molecular formula is C19H24ClFO2. The summed E-state index contributed by atoms with van der Waals surface area (Å²) >= 11 is 5.77. The predicted molar refractivity (Wildman–Crippen MR) is 90.1 cm³/mol. The van der Waals surface area contributed by atoms with Crippen LogP contribution in [0.25, 0.3) is 0 Å². The van der Waals surface area contributed by atoms with E-state index in [0.29, 0.717) is 17.8 Å². The molecule has 2 nitrogen and oxygen atoms in total. The Labute approximate surface area is 142 Å². The number of hydrogen-bond donors (Lipinski definition) is 0. The molecule has 3 rings (SSSR count). The van der Waals surface area contributed by atoms with Crippen LogP contribution in [0, 0.1) is 17.7 Å². The topological polar surface area (TPSA) is 18.5 Å². The summed E-state index contributed by atoms with van der Waals surface area (Å²) in [6.07, 6.45) is 8.35. The first-order valence-corrected chi connectivity index (χ1v) is 8.86. The summed E-state index contributed by atoms with van der Waals surface area (Å²) in [5.41, 5.74) is 1.06. The molecule has 126 valence electrons. The van der Waals surface area contributed by atoms with Gasteiger partial charge in [-0.25, -0.2) is 4.39 Å². The Kier molecular flexibility index (Phi) is 5.73. The zero-order valence-corrected chi connectivity index (χ0v) is 14.3. The van der Waals surface area contributed by atoms with E-state index in [9.17, 15) is 4.39 Å². The van der Waals surface area contributed by atoms with Gasteiger partial charge >= 0.3 is 0 Å². The molecule has 1 saturated heterocycles. The van der Waals surface area contributed by atoms with E-state index in [4.69, 9.17) is 21.1 Å². The van der Waals surface area contributed by atoms with E-state index in [1.54, 1.807) is 12.1 Å². The van der Waals surface area contributed by atoms with Crippen molar-refractivity contribution in [1.29, 1.82) is 0 Å². The Bertz CT molecular complexity index is 544. The van der Waals surface area contributed by atoms with Gasteiger partial charge in [-0.3, -0.25) is 0 Å². The summed E-state index contributed by atoms with van der Waals surface area (Å²) < 4.78 is 25.4. The van der Waals surface area contributed by atoms with E-state index >= 15 is 0 Å². The Morgan fingerprint density at radius 2 is 1.83 bits per heavy atom. The van der Waals surface area contributed by atoms with Crippen LogP contribution in [-0.4, -0.2) is 19.5 Å². The second kappa shape index (κ2) is 7.78. The van der Waals surface area contributed by atoms with Gasteiger partial charge in [-0.05, 0) is 56.2 Å². The monoisotopic (exact) mass is 338 g/mol. The number of rotatable bonds is 3. The van der Waals surface area contributed by atoms with Crippen LogP contribution in [0.2, 0.25) is 5.02 Å². The lowest BCUT2D eigenvalue weighted by Gasteiger charge is -2.37. The third-order valence-electron chi connectivity index (χ3n) is 4.99. The molecule has 23 heavy (non-hydrogen) atoms. The zero-order chi connectivity index (χ0) is 16.2. The van der Waals surface area contributed by atoms with Crippen molar-refractivity contribution in [2.45, 2.75) is 44.8 Å². The van der Waals surface area contributed by atoms with Crippen molar-refractivity contribution in [1.82, 2.24) is 0 Å². The number of ether oxygens (including phenoxy) is 2. The van der Waals surface area contributed by atoms with Gasteiger partial charge in [0, 0.05) is 11.8 Å². The quantitative estimate of drug-likeness (QED) is 0.694. The maximum absolute atomic E-state index is 13.6. The van der Waals surface area contributed by atoms with Crippen LogP contribution < -0.4 is 0 Å². The summed E-state index contributed by atoms with van der Waals surface area (Å²) in [4.78, 5) is 0. The fourth-order valence-electron chi connectivity index (χ4n) is 3.68. The highest BCUT2D eigenvalue weighted by Crippen LogP contribution is 2.39. The van der Waals surface area contributed by atoms with Crippen LogP contribution >= 0.6 is 11.6 Å². The summed E-state index contributed by atoms with van der Waals surface area (Å²) in [7, 11) is 0. The molecule has 1 aliphatic heterocycles. The second-order valence-electron chi connectivity index (χ2n) is 6.61. The molecule has 1 heterocycles. The predicted octanol–water partition coefficient (Wildman–Crippen LogP) is 5.32. The summed E-state index contributed by atoms with van der Waals surface area (Å²) in [5, 5.41) is 0.196. The van der Waals surface area contributed by atoms with Crippen molar-refractivity contribution in [2.24, 2.45) is 11.8 Å². The first kappa shape index (κ1) is 16.9. The van der Waals surface area contributed by atoms with Crippen molar-refractivity contribution in [3.05, 3.63) is 46.8 Å². The SMILES string of the molecule is C/C=C/C1COC(C2CCC(c3ccc(Cl)c(F)c3)CC2)OC1. The van der Waals surface area contributed by atoms with Crippen LogP contribution in [0.3, 0.4) is 0 Å².